The predicted molar refractivity (Wildman–Crippen MR) is 122 cm³/mol. The summed E-state index contributed by atoms with van der Waals surface area (Å²) in [6, 6.07) is 2.04. The number of nitrogens with one attached hydrogen (secondary N) is 1. The van der Waals surface area contributed by atoms with E-state index < -0.39 is 0 Å². The van der Waals surface area contributed by atoms with Crippen LogP contribution in [-0.2, 0) is 9.47 Å². The minimum Gasteiger partial charge on any atom is -0.383 e. The molecule has 0 aliphatic carbocycles. The van der Waals surface area contributed by atoms with E-state index in [9.17, 15) is 0 Å². The normalized spacial score (nSPS) is 14.3. The number of halogens is 1. The Hall–Kier alpha value is -2.27. The van der Waals surface area contributed by atoms with E-state index in [1.54, 1.807) is 32.8 Å². The van der Waals surface area contributed by atoms with E-state index in [0.29, 0.717) is 23.4 Å². The fourth-order valence-corrected chi connectivity index (χ4v) is 4.04. The van der Waals surface area contributed by atoms with Crippen molar-refractivity contribution in [1.29, 1.82) is 0 Å². The van der Waals surface area contributed by atoms with Crippen molar-refractivity contribution in [3.63, 3.8) is 0 Å². The molecule has 166 valence electrons. The molecule has 0 saturated carbocycles. The van der Waals surface area contributed by atoms with Gasteiger partial charge in [0.1, 0.15) is 6.10 Å². The summed E-state index contributed by atoms with van der Waals surface area (Å²) in [6.45, 7) is 6.58. The molecule has 3 heterocycles. The smallest absolute Gasteiger partial charge is 0.235 e. The maximum Gasteiger partial charge on any atom is 0.235 e. The molecule has 0 fully saturated rings. The predicted octanol–water partition coefficient (Wildman–Crippen LogP) is 4.14. The third-order valence-corrected chi connectivity index (χ3v) is 5.70. The van der Waals surface area contributed by atoms with Crippen LogP contribution in [0.1, 0.15) is 37.4 Å². The zero-order chi connectivity index (χ0) is 22.4. The molecular weight excluding hydrogens is 438 g/mol. The van der Waals surface area contributed by atoms with Gasteiger partial charge in [0.2, 0.25) is 5.95 Å². The van der Waals surface area contributed by atoms with Crippen molar-refractivity contribution in [3.05, 3.63) is 47.3 Å². The molecule has 3 rings (SSSR count). The summed E-state index contributed by atoms with van der Waals surface area (Å²) in [6.07, 6.45) is 6.38. The van der Waals surface area contributed by atoms with Crippen molar-refractivity contribution < 1.29 is 9.47 Å². The van der Waals surface area contributed by atoms with Gasteiger partial charge in [-0.2, -0.15) is 0 Å². The van der Waals surface area contributed by atoms with Crippen LogP contribution in [0.25, 0.3) is 11.4 Å². The number of aryl methyl sites for hydroxylation is 1. The summed E-state index contributed by atoms with van der Waals surface area (Å²) in [5, 5.41) is 9.24. The number of hydrogen-bond acceptors (Lipinski definition) is 9. The molecule has 0 spiro atoms. The quantitative estimate of drug-likeness (QED) is 0.444. The van der Waals surface area contributed by atoms with E-state index in [1.807, 2.05) is 30.7 Å². The fourth-order valence-electron chi connectivity index (χ4n) is 3.15. The van der Waals surface area contributed by atoms with Gasteiger partial charge in [-0.3, -0.25) is 14.3 Å². The molecule has 1 N–H and O–H groups in total. The van der Waals surface area contributed by atoms with E-state index >= 15 is 0 Å². The number of anilines is 1. The van der Waals surface area contributed by atoms with Gasteiger partial charge in [-0.05, 0) is 44.3 Å². The molecule has 0 aromatic carbocycles. The molecule has 2 unspecified atom stereocenters. The maximum atomic E-state index is 5.90. The van der Waals surface area contributed by atoms with Crippen LogP contribution in [0, 0.1) is 6.92 Å². The summed E-state index contributed by atoms with van der Waals surface area (Å²) in [4.78, 5) is 12.9. The lowest BCUT2D eigenvalue weighted by atomic mass is 10.2. The van der Waals surface area contributed by atoms with Crippen LogP contribution >= 0.6 is 23.5 Å². The lowest BCUT2D eigenvalue weighted by Gasteiger charge is -2.22. The molecule has 0 radical (unpaired) electrons. The van der Waals surface area contributed by atoms with Gasteiger partial charge in [0, 0.05) is 44.6 Å². The lowest BCUT2D eigenvalue weighted by Crippen LogP contribution is -2.20. The highest BCUT2D eigenvalue weighted by Gasteiger charge is 2.25. The Labute approximate surface area is 191 Å². The van der Waals surface area contributed by atoms with Gasteiger partial charge in [0.05, 0.1) is 22.9 Å². The number of nitrogens with zero attached hydrogens (tertiary/aromatic N) is 6. The minimum atomic E-state index is -0.331. The Morgan fingerprint density at radius 2 is 1.87 bits per heavy atom. The van der Waals surface area contributed by atoms with Crippen LogP contribution < -0.4 is 4.72 Å². The Morgan fingerprint density at radius 3 is 2.52 bits per heavy atom. The van der Waals surface area contributed by atoms with Crippen molar-refractivity contribution in [2.75, 3.05) is 25.5 Å². The monoisotopic (exact) mass is 463 g/mol. The number of methoxy groups -OCH3 is 2. The summed E-state index contributed by atoms with van der Waals surface area (Å²) in [5.41, 5.74) is 1.95. The first-order chi connectivity index (χ1) is 14.9. The standard InChI is InChI=1S/C20H26ClN7O2S/c1-12-6-15(8-22-7-12)19-25-26-20(28(19)13(2)11-29-4)27-31-14(3)17(30-5)18-23-9-16(21)10-24-18/h6-10,13-14,17H,11H2,1-5H3,(H,26,27)/t13-,14?,17?/m1/s1. The largest absolute Gasteiger partial charge is 0.383 e. The van der Waals surface area contributed by atoms with Crippen LogP contribution in [0.3, 0.4) is 0 Å². The highest BCUT2D eigenvalue weighted by Crippen LogP contribution is 2.31. The summed E-state index contributed by atoms with van der Waals surface area (Å²) >= 11 is 7.35. The zero-order valence-electron chi connectivity index (χ0n) is 18.1. The zero-order valence-corrected chi connectivity index (χ0v) is 19.7. The molecule has 3 aromatic heterocycles. The van der Waals surface area contributed by atoms with E-state index in [-0.39, 0.29) is 17.4 Å². The molecular formula is C20H26ClN7O2S. The number of ether oxygens (including phenoxy) is 2. The molecule has 0 aliphatic rings. The van der Waals surface area contributed by atoms with Crippen molar-refractivity contribution in [2.45, 2.75) is 38.2 Å². The van der Waals surface area contributed by atoms with E-state index in [0.717, 1.165) is 17.0 Å². The van der Waals surface area contributed by atoms with Gasteiger partial charge >= 0.3 is 0 Å². The first kappa shape index (κ1) is 23.4. The van der Waals surface area contributed by atoms with Gasteiger partial charge in [0.25, 0.3) is 0 Å². The first-order valence-corrected chi connectivity index (χ1v) is 11.0. The summed E-state index contributed by atoms with van der Waals surface area (Å²) in [5.74, 6) is 1.90. The van der Waals surface area contributed by atoms with Crippen molar-refractivity contribution >= 4 is 29.5 Å². The van der Waals surface area contributed by atoms with E-state index in [4.69, 9.17) is 21.1 Å². The maximum absolute atomic E-state index is 5.90. The molecule has 0 aliphatic heterocycles. The van der Waals surface area contributed by atoms with Crippen LogP contribution in [0.5, 0.6) is 0 Å². The van der Waals surface area contributed by atoms with Crippen LogP contribution in [0.15, 0.2) is 30.9 Å². The van der Waals surface area contributed by atoms with E-state index in [2.05, 4.69) is 36.8 Å². The second-order valence-electron chi connectivity index (χ2n) is 7.11. The van der Waals surface area contributed by atoms with Crippen molar-refractivity contribution in [3.8, 4) is 11.4 Å². The van der Waals surface area contributed by atoms with Gasteiger partial charge in [-0.15, -0.1) is 10.2 Å². The molecule has 0 bridgehead atoms. The molecule has 0 saturated heterocycles. The Kier molecular flexibility index (Phi) is 8.19. The number of rotatable bonds is 10. The lowest BCUT2D eigenvalue weighted by molar-refractivity contribution is 0.0972. The fraction of sp³-hybridized carbons (Fsp3) is 0.450. The average molecular weight is 464 g/mol. The third-order valence-electron chi connectivity index (χ3n) is 4.59. The molecule has 3 atom stereocenters. The molecule has 0 amide bonds. The summed E-state index contributed by atoms with van der Waals surface area (Å²) in [7, 11) is 3.31. The molecule has 9 nitrogen and oxygen atoms in total. The second kappa shape index (κ2) is 10.9. The second-order valence-corrected chi connectivity index (χ2v) is 8.73. The van der Waals surface area contributed by atoms with Gasteiger partial charge in [-0.25, -0.2) is 9.97 Å². The average Bonchev–Trinajstić information content (AvgIpc) is 3.18. The van der Waals surface area contributed by atoms with Crippen LogP contribution in [0.2, 0.25) is 5.02 Å². The van der Waals surface area contributed by atoms with Crippen molar-refractivity contribution in [2.24, 2.45) is 0 Å². The highest BCUT2D eigenvalue weighted by molar-refractivity contribution is 8.01. The SMILES string of the molecule is COC[C@@H](C)n1c(NSC(C)C(OC)c2ncc(Cl)cn2)nnc1-c1cncc(C)c1. The molecule has 3 aromatic rings. The van der Waals surface area contributed by atoms with Crippen LogP contribution in [-0.4, -0.2) is 55.8 Å². The van der Waals surface area contributed by atoms with Gasteiger partial charge in [-0.1, -0.05) is 11.6 Å². The number of pyridine rings is 1. The first-order valence-electron chi connectivity index (χ1n) is 9.72. The number of aromatic nitrogens is 6. The van der Waals surface area contributed by atoms with Gasteiger partial charge < -0.3 is 9.47 Å². The molecule has 31 heavy (non-hydrogen) atoms. The third kappa shape index (κ3) is 5.70. The molecule has 11 heteroatoms. The Balaban J connectivity index is 1.82. The number of hydrogen-bond donors (Lipinski definition) is 1. The van der Waals surface area contributed by atoms with Gasteiger partial charge in [0.15, 0.2) is 11.6 Å². The topological polar surface area (TPSA) is 99.9 Å². The minimum absolute atomic E-state index is 0.00624. The Bertz CT molecular complexity index is 986. The van der Waals surface area contributed by atoms with Crippen LogP contribution in [0.4, 0.5) is 5.95 Å². The Morgan fingerprint density at radius 1 is 1.13 bits per heavy atom. The highest BCUT2D eigenvalue weighted by atomic mass is 35.5. The van der Waals surface area contributed by atoms with E-state index in [1.165, 1.54) is 11.9 Å². The summed E-state index contributed by atoms with van der Waals surface area (Å²) < 4.78 is 16.3. The van der Waals surface area contributed by atoms with Crippen molar-refractivity contribution in [1.82, 2.24) is 29.7 Å².